The number of rotatable bonds is 13. The zero-order valence-corrected chi connectivity index (χ0v) is 24.2. The zero-order chi connectivity index (χ0) is 28.4. The van der Waals surface area contributed by atoms with Crippen molar-refractivity contribution in [3.63, 3.8) is 0 Å². The molecule has 0 aromatic heterocycles. The molecule has 1 aliphatic carbocycles. The molecule has 0 heterocycles. The fourth-order valence-corrected chi connectivity index (χ4v) is 4.61. The van der Waals surface area contributed by atoms with E-state index in [0.29, 0.717) is 13.0 Å². The van der Waals surface area contributed by atoms with Crippen molar-refractivity contribution in [2.24, 2.45) is 0 Å². The monoisotopic (exact) mass is 535 g/mol. The predicted octanol–water partition coefficient (Wildman–Crippen LogP) is 5.72. The standard InChI is InChI=1S/C32H45N3O4/c1-6-8-12-21-33-29(36)28(25-17-15-23(7-2)16-18-25)35(26-19-20-26)30(37)27(22-24-13-10-9-11-14-24)34-31(38)39-32(3,4)5/h9-11,13-18,26-28H,6-8,12,19-22H2,1-5H3,(H,33,36)(H,34,38). The van der Waals surface area contributed by atoms with Crippen LogP contribution in [0.15, 0.2) is 54.6 Å². The lowest BCUT2D eigenvalue weighted by molar-refractivity contribution is -0.143. The van der Waals surface area contributed by atoms with Gasteiger partial charge >= 0.3 is 6.09 Å². The van der Waals surface area contributed by atoms with Gasteiger partial charge in [-0.3, -0.25) is 9.59 Å². The van der Waals surface area contributed by atoms with E-state index in [9.17, 15) is 14.4 Å². The minimum absolute atomic E-state index is 0.0616. The maximum atomic E-state index is 14.3. The maximum absolute atomic E-state index is 14.3. The molecule has 1 saturated carbocycles. The summed E-state index contributed by atoms with van der Waals surface area (Å²) in [5, 5.41) is 5.90. The summed E-state index contributed by atoms with van der Waals surface area (Å²) in [5.41, 5.74) is 2.15. The number of nitrogens with zero attached hydrogens (tertiary/aromatic N) is 1. The summed E-state index contributed by atoms with van der Waals surface area (Å²) in [6.07, 6.45) is 5.15. The third-order valence-corrected chi connectivity index (χ3v) is 6.78. The minimum atomic E-state index is -0.881. The molecule has 1 fully saturated rings. The third kappa shape index (κ3) is 9.41. The van der Waals surface area contributed by atoms with Gasteiger partial charge < -0.3 is 20.3 Å². The Hall–Kier alpha value is -3.35. The number of alkyl carbamates (subject to hydrolysis) is 1. The quantitative estimate of drug-likeness (QED) is 0.321. The molecule has 0 radical (unpaired) electrons. The molecular formula is C32H45N3O4. The maximum Gasteiger partial charge on any atom is 0.408 e. The lowest BCUT2D eigenvalue weighted by Gasteiger charge is -2.35. The Morgan fingerprint density at radius 3 is 2.18 bits per heavy atom. The molecule has 2 atom stereocenters. The number of hydrogen-bond acceptors (Lipinski definition) is 4. The SMILES string of the molecule is CCCCCNC(=O)C(c1ccc(CC)cc1)N(C(=O)C(Cc1ccccc1)NC(=O)OC(C)(C)C)C1CC1. The van der Waals surface area contributed by atoms with Crippen LogP contribution in [0.2, 0.25) is 0 Å². The molecule has 0 bridgehead atoms. The number of carbonyl (C=O) groups excluding carboxylic acids is 3. The van der Waals surface area contributed by atoms with Crippen LogP contribution in [-0.4, -0.2) is 47.0 Å². The van der Waals surface area contributed by atoms with Crippen molar-refractivity contribution in [3.8, 4) is 0 Å². The Morgan fingerprint density at radius 1 is 0.949 bits per heavy atom. The molecule has 7 heteroatoms. The van der Waals surface area contributed by atoms with Crippen LogP contribution >= 0.6 is 0 Å². The van der Waals surface area contributed by atoms with Crippen molar-refractivity contribution >= 4 is 17.9 Å². The van der Waals surface area contributed by atoms with Gasteiger partial charge in [0.05, 0.1) is 0 Å². The van der Waals surface area contributed by atoms with E-state index in [4.69, 9.17) is 4.74 Å². The van der Waals surface area contributed by atoms with E-state index >= 15 is 0 Å². The average molecular weight is 536 g/mol. The van der Waals surface area contributed by atoms with Crippen molar-refractivity contribution in [2.45, 2.75) is 103 Å². The second-order valence-electron chi connectivity index (χ2n) is 11.4. The highest BCUT2D eigenvalue weighted by Gasteiger charge is 2.44. The van der Waals surface area contributed by atoms with E-state index in [1.807, 2.05) is 54.6 Å². The Balaban J connectivity index is 1.95. The fraction of sp³-hybridized carbons (Fsp3) is 0.531. The first-order valence-corrected chi connectivity index (χ1v) is 14.3. The van der Waals surface area contributed by atoms with Crippen molar-refractivity contribution < 1.29 is 19.1 Å². The van der Waals surface area contributed by atoms with E-state index in [0.717, 1.165) is 49.7 Å². The Kier molecular flexibility index (Phi) is 11.0. The van der Waals surface area contributed by atoms with Crippen LogP contribution in [0.1, 0.15) is 89.5 Å². The molecule has 0 saturated heterocycles. The van der Waals surface area contributed by atoms with Gasteiger partial charge in [0.15, 0.2) is 0 Å². The smallest absolute Gasteiger partial charge is 0.408 e. The van der Waals surface area contributed by atoms with Crippen LogP contribution in [0.25, 0.3) is 0 Å². The number of aryl methyl sites for hydroxylation is 1. The highest BCUT2D eigenvalue weighted by atomic mass is 16.6. The number of benzene rings is 2. The van der Waals surface area contributed by atoms with Crippen molar-refractivity contribution in [2.75, 3.05) is 6.54 Å². The second kappa shape index (κ2) is 14.2. The van der Waals surface area contributed by atoms with Crippen LogP contribution in [0.4, 0.5) is 4.79 Å². The summed E-state index contributed by atoms with van der Waals surface area (Å²) >= 11 is 0. The van der Waals surface area contributed by atoms with E-state index in [1.165, 1.54) is 5.56 Å². The largest absolute Gasteiger partial charge is 0.444 e. The van der Waals surface area contributed by atoms with Gasteiger partial charge in [-0.1, -0.05) is 81.3 Å². The molecule has 1 aliphatic rings. The first-order valence-electron chi connectivity index (χ1n) is 14.3. The molecule has 0 spiro atoms. The van der Waals surface area contributed by atoms with Crippen LogP contribution in [0, 0.1) is 0 Å². The van der Waals surface area contributed by atoms with E-state index in [2.05, 4.69) is 24.5 Å². The molecule has 7 nitrogen and oxygen atoms in total. The molecule has 0 aliphatic heterocycles. The van der Waals surface area contributed by atoms with Gasteiger partial charge in [0.25, 0.3) is 0 Å². The van der Waals surface area contributed by atoms with E-state index < -0.39 is 23.8 Å². The van der Waals surface area contributed by atoms with E-state index in [-0.39, 0.29) is 17.9 Å². The average Bonchev–Trinajstić information content (AvgIpc) is 3.74. The first kappa shape index (κ1) is 30.2. The number of amides is 3. The molecule has 3 amide bonds. The number of ether oxygens (including phenoxy) is 1. The minimum Gasteiger partial charge on any atom is -0.444 e. The van der Waals surface area contributed by atoms with E-state index in [1.54, 1.807) is 25.7 Å². The van der Waals surface area contributed by atoms with Crippen molar-refractivity contribution in [1.82, 2.24) is 15.5 Å². The van der Waals surface area contributed by atoms with Gasteiger partial charge in [-0.2, -0.15) is 0 Å². The molecule has 3 rings (SSSR count). The number of nitrogens with one attached hydrogen (secondary N) is 2. The topological polar surface area (TPSA) is 87.7 Å². The summed E-state index contributed by atoms with van der Waals surface area (Å²) < 4.78 is 5.51. The first-order chi connectivity index (χ1) is 18.6. The van der Waals surface area contributed by atoms with Gasteiger partial charge in [0, 0.05) is 19.0 Å². The summed E-state index contributed by atoms with van der Waals surface area (Å²) in [5.74, 6) is -0.466. The highest BCUT2D eigenvalue weighted by Crippen LogP contribution is 2.36. The Labute approximate surface area is 233 Å². The van der Waals surface area contributed by atoms with Gasteiger partial charge in [-0.25, -0.2) is 4.79 Å². The summed E-state index contributed by atoms with van der Waals surface area (Å²) in [4.78, 5) is 42.6. The van der Waals surface area contributed by atoms with Gasteiger partial charge in [0.1, 0.15) is 17.7 Å². The molecule has 39 heavy (non-hydrogen) atoms. The number of carbonyl (C=O) groups is 3. The molecule has 2 N–H and O–H groups in total. The van der Waals surface area contributed by atoms with Gasteiger partial charge in [0.2, 0.25) is 11.8 Å². The van der Waals surface area contributed by atoms with Gasteiger partial charge in [-0.05, 0) is 63.1 Å². The predicted molar refractivity (Wildman–Crippen MR) is 154 cm³/mol. The molecular weight excluding hydrogens is 490 g/mol. The normalized spacial score (nSPS) is 14.7. The lowest BCUT2D eigenvalue weighted by Crippen LogP contribution is -2.54. The zero-order valence-electron chi connectivity index (χ0n) is 24.2. The van der Waals surface area contributed by atoms with Crippen molar-refractivity contribution in [3.05, 3.63) is 71.3 Å². The number of unbranched alkanes of at least 4 members (excludes halogenated alkanes) is 2. The Morgan fingerprint density at radius 2 is 1.62 bits per heavy atom. The third-order valence-electron chi connectivity index (χ3n) is 6.78. The van der Waals surface area contributed by atoms with Gasteiger partial charge in [-0.15, -0.1) is 0 Å². The molecule has 2 aromatic rings. The summed E-state index contributed by atoms with van der Waals surface area (Å²) in [7, 11) is 0. The van der Waals surface area contributed by atoms with Crippen LogP contribution < -0.4 is 10.6 Å². The highest BCUT2D eigenvalue weighted by molar-refractivity contribution is 5.92. The molecule has 2 unspecified atom stereocenters. The fourth-order valence-electron chi connectivity index (χ4n) is 4.61. The lowest BCUT2D eigenvalue weighted by atomic mass is 9.98. The Bertz CT molecular complexity index is 1070. The summed E-state index contributed by atoms with van der Waals surface area (Å²) in [6.45, 7) is 10.1. The molecule has 2 aromatic carbocycles. The van der Waals surface area contributed by atoms with Crippen molar-refractivity contribution in [1.29, 1.82) is 0 Å². The number of hydrogen-bond donors (Lipinski definition) is 2. The van der Waals surface area contributed by atoms with Crippen LogP contribution in [-0.2, 0) is 27.2 Å². The van der Waals surface area contributed by atoms with Crippen LogP contribution in [0.3, 0.4) is 0 Å². The molecule has 212 valence electrons. The second-order valence-corrected chi connectivity index (χ2v) is 11.4. The summed E-state index contributed by atoms with van der Waals surface area (Å²) in [6, 6.07) is 15.8. The van der Waals surface area contributed by atoms with Crippen LogP contribution in [0.5, 0.6) is 0 Å².